The van der Waals surface area contributed by atoms with Crippen LogP contribution in [0.1, 0.15) is 68.1 Å². The van der Waals surface area contributed by atoms with Crippen LogP contribution in [0.5, 0.6) is 0 Å². The van der Waals surface area contributed by atoms with Crippen molar-refractivity contribution >= 4 is 17.7 Å². The number of likely N-dealkylation sites (tertiary alicyclic amines) is 2. The fraction of sp³-hybridized carbons (Fsp3) is 0.621. The van der Waals surface area contributed by atoms with Crippen molar-refractivity contribution in [2.24, 2.45) is 5.73 Å². The van der Waals surface area contributed by atoms with Gasteiger partial charge in [-0.05, 0) is 75.8 Å². The summed E-state index contributed by atoms with van der Waals surface area (Å²) in [6.45, 7) is 5.21. The summed E-state index contributed by atoms with van der Waals surface area (Å²) in [5.41, 5.74) is 6.35. The van der Waals surface area contributed by atoms with E-state index in [-0.39, 0.29) is 17.8 Å². The number of anilines is 2. The highest BCUT2D eigenvalue weighted by Crippen LogP contribution is 2.31. The first kappa shape index (κ1) is 26.8. The van der Waals surface area contributed by atoms with Crippen molar-refractivity contribution in [3.8, 4) is 0 Å². The number of nitrogens with two attached hydrogens (primary N) is 1. The Morgan fingerprint density at radius 3 is 2.55 bits per heavy atom. The van der Waals surface area contributed by atoms with Gasteiger partial charge in [0, 0.05) is 62.6 Å². The number of halogens is 1. The highest BCUT2D eigenvalue weighted by molar-refractivity contribution is 5.94. The Labute approximate surface area is 225 Å². The Bertz CT molecular complexity index is 1050. The lowest BCUT2D eigenvalue weighted by Crippen LogP contribution is -2.50. The number of rotatable bonds is 8. The van der Waals surface area contributed by atoms with E-state index in [0.29, 0.717) is 43.2 Å². The maximum atomic E-state index is 13.6. The highest BCUT2D eigenvalue weighted by Gasteiger charge is 2.39. The summed E-state index contributed by atoms with van der Waals surface area (Å²) in [7, 11) is 0. The molecule has 0 bridgehead atoms. The number of hydrogen-bond acceptors (Lipinski definition) is 7. The molecule has 1 amide bonds. The number of carbonyl (C=O) groups is 1. The van der Waals surface area contributed by atoms with Crippen molar-refractivity contribution in [2.45, 2.75) is 75.9 Å². The monoisotopic (exact) mass is 523 g/mol. The summed E-state index contributed by atoms with van der Waals surface area (Å²) in [6.07, 6.45) is 11.8. The molecule has 0 aliphatic carbocycles. The Morgan fingerprint density at radius 1 is 1.03 bits per heavy atom. The number of amides is 1. The van der Waals surface area contributed by atoms with Gasteiger partial charge in [0.1, 0.15) is 11.6 Å². The van der Waals surface area contributed by atoms with Gasteiger partial charge >= 0.3 is 0 Å². The van der Waals surface area contributed by atoms with E-state index in [1.807, 2.05) is 17.2 Å². The first-order valence-electron chi connectivity index (χ1n) is 14.5. The van der Waals surface area contributed by atoms with E-state index in [4.69, 9.17) is 10.7 Å². The van der Waals surface area contributed by atoms with Gasteiger partial charge in [-0.2, -0.15) is 4.98 Å². The normalized spacial score (nSPS) is 23.4. The predicted molar refractivity (Wildman–Crippen MR) is 149 cm³/mol. The molecule has 0 spiro atoms. The summed E-state index contributed by atoms with van der Waals surface area (Å²) in [5.74, 6) is 1.29. The quantitative estimate of drug-likeness (QED) is 0.542. The molecule has 2 aromatic rings. The zero-order valence-electron chi connectivity index (χ0n) is 22.4. The van der Waals surface area contributed by atoms with Crippen LogP contribution in [0.2, 0.25) is 0 Å². The van der Waals surface area contributed by atoms with Crippen LogP contribution in [-0.2, 0) is 0 Å². The maximum Gasteiger partial charge on any atom is 0.253 e. The van der Waals surface area contributed by atoms with Gasteiger partial charge in [-0.25, -0.2) is 9.37 Å². The molecule has 206 valence electrons. The van der Waals surface area contributed by atoms with Crippen LogP contribution in [0.3, 0.4) is 0 Å². The van der Waals surface area contributed by atoms with E-state index < -0.39 is 0 Å². The van der Waals surface area contributed by atoms with E-state index in [2.05, 4.69) is 20.1 Å². The minimum absolute atomic E-state index is 0.0787. The van der Waals surface area contributed by atoms with Gasteiger partial charge in [0.15, 0.2) is 0 Å². The molecule has 0 saturated carbocycles. The van der Waals surface area contributed by atoms with Gasteiger partial charge in [-0.15, -0.1) is 0 Å². The van der Waals surface area contributed by atoms with Crippen LogP contribution in [0.25, 0.3) is 0 Å². The predicted octanol–water partition coefficient (Wildman–Crippen LogP) is 3.89. The number of hydrogen-bond donors (Lipinski definition) is 2. The average molecular weight is 524 g/mol. The van der Waals surface area contributed by atoms with Crippen molar-refractivity contribution in [3.05, 3.63) is 47.9 Å². The van der Waals surface area contributed by atoms with Crippen LogP contribution in [0.4, 0.5) is 16.2 Å². The second kappa shape index (κ2) is 12.8. The molecule has 4 heterocycles. The van der Waals surface area contributed by atoms with Crippen molar-refractivity contribution in [1.82, 2.24) is 19.8 Å². The number of nitrogens with zero attached hydrogens (tertiary/aromatic N) is 5. The van der Waals surface area contributed by atoms with E-state index in [1.54, 1.807) is 12.1 Å². The fourth-order valence-electron chi connectivity index (χ4n) is 6.46. The molecular formula is C29H42FN7O. The maximum absolute atomic E-state index is 13.6. The van der Waals surface area contributed by atoms with Crippen molar-refractivity contribution in [2.75, 3.05) is 49.5 Å². The molecule has 9 heteroatoms. The van der Waals surface area contributed by atoms with Crippen molar-refractivity contribution < 1.29 is 9.18 Å². The first-order chi connectivity index (χ1) is 18.6. The zero-order valence-corrected chi connectivity index (χ0v) is 22.4. The smallest absolute Gasteiger partial charge is 0.253 e. The largest absolute Gasteiger partial charge is 0.356 e. The SMILES string of the molecule is NCCC[C@@H]1[C@@H](Nc2nccc(N3CCCCCC3)n2)CCN1C1CCN(C(=O)c2cccc(F)c2)CC1. The van der Waals surface area contributed by atoms with Crippen LogP contribution in [0, 0.1) is 5.82 Å². The highest BCUT2D eigenvalue weighted by atomic mass is 19.1. The molecule has 0 unspecified atom stereocenters. The Morgan fingerprint density at radius 2 is 1.82 bits per heavy atom. The second-order valence-electron chi connectivity index (χ2n) is 10.9. The number of aromatic nitrogens is 2. The molecule has 8 nitrogen and oxygen atoms in total. The summed E-state index contributed by atoms with van der Waals surface area (Å²) < 4.78 is 13.6. The van der Waals surface area contributed by atoms with Crippen LogP contribution in [-0.4, -0.2) is 83.1 Å². The third-order valence-corrected chi connectivity index (χ3v) is 8.47. The molecule has 3 aliphatic heterocycles. The lowest BCUT2D eigenvalue weighted by atomic mass is 9.98. The number of piperidine rings is 1. The van der Waals surface area contributed by atoms with Crippen molar-refractivity contribution in [3.63, 3.8) is 0 Å². The van der Waals surface area contributed by atoms with Gasteiger partial charge in [0.25, 0.3) is 5.91 Å². The minimum Gasteiger partial charge on any atom is -0.356 e. The topological polar surface area (TPSA) is 90.6 Å². The summed E-state index contributed by atoms with van der Waals surface area (Å²) in [5, 5.41) is 3.69. The molecule has 2 atom stereocenters. The summed E-state index contributed by atoms with van der Waals surface area (Å²) in [4.78, 5) is 29.3. The van der Waals surface area contributed by atoms with Crippen LogP contribution in [0.15, 0.2) is 36.5 Å². The Kier molecular flexibility index (Phi) is 9.06. The summed E-state index contributed by atoms with van der Waals surface area (Å²) in [6, 6.07) is 9.08. The molecule has 1 aromatic heterocycles. The molecule has 1 aromatic carbocycles. The van der Waals surface area contributed by atoms with Crippen LogP contribution < -0.4 is 16.0 Å². The molecule has 3 fully saturated rings. The van der Waals surface area contributed by atoms with Gasteiger partial charge in [-0.1, -0.05) is 18.9 Å². The average Bonchev–Trinajstić information content (AvgIpc) is 3.14. The third-order valence-electron chi connectivity index (χ3n) is 8.47. The molecular weight excluding hydrogens is 481 g/mol. The van der Waals surface area contributed by atoms with E-state index in [0.717, 1.165) is 57.6 Å². The van der Waals surface area contributed by atoms with Gasteiger partial charge < -0.3 is 20.9 Å². The van der Waals surface area contributed by atoms with Crippen LogP contribution >= 0.6 is 0 Å². The Balaban J connectivity index is 1.21. The molecule has 5 rings (SSSR count). The standard InChI is InChI=1S/C29H42FN7O/c30-23-8-5-7-22(21-23)28(38)36-18-11-24(12-19-36)37-20-13-25(26(37)9-6-14-31)33-29-32-15-10-27(34-29)35-16-3-1-2-4-17-35/h5,7-8,10,15,21,24-26H,1-4,6,9,11-14,16-20,31H2,(H,32,33,34)/t25-,26+/m0/s1. The molecule has 3 saturated heterocycles. The van der Waals surface area contributed by atoms with Gasteiger partial charge in [0.2, 0.25) is 5.95 Å². The lowest BCUT2D eigenvalue weighted by molar-refractivity contribution is 0.0590. The fourth-order valence-corrected chi connectivity index (χ4v) is 6.46. The number of benzene rings is 1. The second-order valence-corrected chi connectivity index (χ2v) is 10.9. The Hall–Kier alpha value is -2.78. The minimum atomic E-state index is -0.370. The molecule has 0 radical (unpaired) electrons. The third kappa shape index (κ3) is 6.43. The molecule has 3 N–H and O–H groups in total. The molecule has 3 aliphatic rings. The lowest BCUT2D eigenvalue weighted by Gasteiger charge is -2.40. The number of carbonyl (C=O) groups excluding carboxylic acids is 1. The van der Waals surface area contributed by atoms with Crippen molar-refractivity contribution in [1.29, 1.82) is 0 Å². The van der Waals surface area contributed by atoms with Gasteiger partial charge in [0.05, 0.1) is 0 Å². The number of nitrogens with one attached hydrogen (secondary N) is 1. The first-order valence-corrected chi connectivity index (χ1v) is 14.5. The van der Waals surface area contributed by atoms with E-state index >= 15 is 0 Å². The van der Waals surface area contributed by atoms with Gasteiger partial charge in [-0.3, -0.25) is 9.69 Å². The summed E-state index contributed by atoms with van der Waals surface area (Å²) >= 11 is 0. The van der Waals surface area contributed by atoms with E-state index in [1.165, 1.54) is 37.8 Å². The molecule has 38 heavy (non-hydrogen) atoms. The van der Waals surface area contributed by atoms with E-state index in [9.17, 15) is 9.18 Å². The zero-order chi connectivity index (χ0) is 26.3.